The van der Waals surface area contributed by atoms with E-state index in [0.29, 0.717) is 17.7 Å². The van der Waals surface area contributed by atoms with E-state index >= 15 is 0 Å². The van der Waals surface area contributed by atoms with Gasteiger partial charge >= 0.3 is 0 Å². The first-order valence-corrected chi connectivity index (χ1v) is 8.33. The fraction of sp³-hybridized carbons (Fsp3) is 0.238. The molecule has 0 atom stereocenters. The van der Waals surface area contributed by atoms with Crippen LogP contribution in [0.25, 0.3) is 6.08 Å². The van der Waals surface area contributed by atoms with E-state index in [9.17, 15) is 9.59 Å². The SMILES string of the molecule is CCCCCOc1ccc(C=C2C(=O)c3ccccc3C2=O)cc1. The normalized spacial score (nSPS) is 13.1. The number of allylic oxidation sites excluding steroid dienone is 1. The van der Waals surface area contributed by atoms with E-state index in [-0.39, 0.29) is 17.1 Å². The number of unbranched alkanes of at least 4 members (excludes halogenated alkanes) is 2. The minimum atomic E-state index is -0.199. The van der Waals surface area contributed by atoms with Gasteiger partial charge in [-0.2, -0.15) is 0 Å². The fourth-order valence-corrected chi connectivity index (χ4v) is 2.77. The summed E-state index contributed by atoms with van der Waals surface area (Å²) < 4.78 is 5.67. The van der Waals surface area contributed by atoms with Crippen molar-refractivity contribution in [3.8, 4) is 5.75 Å². The molecule has 0 saturated carbocycles. The predicted molar refractivity (Wildman–Crippen MR) is 94.5 cm³/mol. The molecule has 24 heavy (non-hydrogen) atoms. The summed E-state index contributed by atoms with van der Waals surface area (Å²) in [6.07, 6.45) is 5.03. The van der Waals surface area contributed by atoms with Crippen molar-refractivity contribution in [2.45, 2.75) is 26.2 Å². The van der Waals surface area contributed by atoms with E-state index in [0.717, 1.165) is 24.2 Å². The Hall–Kier alpha value is -2.68. The van der Waals surface area contributed by atoms with Gasteiger partial charge in [0, 0.05) is 11.1 Å². The molecule has 2 aromatic rings. The maximum atomic E-state index is 12.4. The van der Waals surface area contributed by atoms with Crippen LogP contribution in [0, 0.1) is 0 Å². The highest BCUT2D eigenvalue weighted by Crippen LogP contribution is 2.28. The lowest BCUT2D eigenvalue weighted by molar-refractivity contribution is 0.0990. The average Bonchev–Trinajstić information content (AvgIpc) is 2.85. The van der Waals surface area contributed by atoms with Crippen molar-refractivity contribution in [2.75, 3.05) is 6.61 Å². The monoisotopic (exact) mass is 320 g/mol. The minimum absolute atomic E-state index is 0.199. The standard InChI is InChI=1S/C21H20O3/c1-2-3-6-13-24-16-11-9-15(10-12-16)14-19-20(22)17-7-4-5-8-18(17)21(19)23/h4-5,7-12,14H,2-3,6,13H2,1H3. The van der Waals surface area contributed by atoms with E-state index in [1.165, 1.54) is 6.42 Å². The number of carbonyl (C=O) groups is 2. The molecular formula is C21H20O3. The molecule has 0 N–H and O–H groups in total. The Morgan fingerprint density at radius 3 is 2.08 bits per heavy atom. The summed E-state index contributed by atoms with van der Waals surface area (Å²) in [5.74, 6) is 0.409. The lowest BCUT2D eigenvalue weighted by Crippen LogP contribution is -2.00. The van der Waals surface area contributed by atoms with Gasteiger partial charge in [0.25, 0.3) is 0 Å². The number of rotatable bonds is 6. The van der Waals surface area contributed by atoms with E-state index in [1.54, 1.807) is 30.3 Å². The number of fused-ring (bicyclic) bond motifs is 1. The number of hydrogen-bond donors (Lipinski definition) is 0. The summed E-state index contributed by atoms with van der Waals surface area (Å²) in [5, 5.41) is 0. The van der Waals surface area contributed by atoms with Crippen molar-refractivity contribution >= 4 is 17.6 Å². The quantitative estimate of drug-likeness (QED) is 0.439. The maximum Gasteiger partial charge on any atom is 0.197 e. The molecule has 3 nitrogen and oxygen atoms in total. The molecule has 0 spiro atoms. The van der Waals surface area contributed by atoms with Gasteiger partial charge in [-0.3, -0.25) is 9.59 Å². The fourth-order valence-electron chi connectivity index (χ4n) is 2.77. The average molecular weight is 320 g/mol. The van der Waals surface area contributed by atoms with Crippen molar-refractivity contribution in [3.63, 3.8) is 0 Å². The van der Waals surface area contributed by atoms with Crippen LogP contribution >= 0.6 is 0 Å². The highest BCUT2D eigenvalue weighted by Gasteiger charge is 2.32. The second-order valence-corrected chi connectivity index (χ2v) is 5.89. The zero-order chi connectivity index (χ0) is 16.9. The van der Waals surface area contributed by atoms with Crippen molar-refractivity contribution in [1.82, 2.24) is 0 Å². The van der Waals surface area contributed by atoms with Crippen LogP contribution in [0.4, 0.5) is 0 Å². The Labute approximate surface area is 142 Å². The molecule has 2 aromatic carbocycles. The van der Waals surface area contributed by atoms with Crippen molar-refractivity contribution in [1.29, 1.82) is 0 Å². The summed E-state index contributed by atoms with van der Waals surface area (Å²) in [6, 6.07) is 14.4. The van der Waals surface area contributed by atoms with Crippen molar-refractivity contribution in [2.24, 2.45) is 0 Å². The zero-order valence-electron chi connectivity index (χ0n) is 13.7. The summed E-state index contributed by atoms with van der Waals surface area (Å²) in [5.41, 5.74) is 2.03. The molecule has 122 valence electrons. The minimum Gasteiger partial charge on any atom is -0.494 e. The molecular weight excluding hydrogens is 300 g/mol. The third kappa shape index (κ3) is 3.30. The van der Waals surface area contributed by atoms with Crippen molar-refractivity contribution < 1.29 is 14.3 Å². The number of ether oxygens (including phenoxy) is 1. The van der Waals surface area contributed by atoms with Gasteiger partial charge in [-0.05, 0) is 30.2 Å². The van der Waals surface area contributed by atoms with Gasteiger partial charge < -0.3 is 4.74 Å². The second kappa shape index (κ2) is 7.26. The van der Waals surface area contributed by atoms with Gasteiger partial charge in [-0.15, -0.1) is 0 Å². The van der Waals surface area contributed by atoms with Gasteiger partial charge in [0.05, 0.1) is 12.2 Å². The molecule has 0 bridgehead atoms. The highest BCUT2D eigenvalue weighted by molar-refractivity contribution is 6.41. The second-order valence-electron chi connectivity index (χ2n) is 5.89. The van der Waals surface area contributed by atoms with Gasteiger partial charge in [-0.1, -0.05) is 56.2 Å². The molecule has 0 heterocycles. The Morgan fingerprint density at radius 2 is 1.50 bits per heavy atom. The Bertz CT molecular complexity index is 748. The lowest BCUT2D eigenvalue weighted by atomic mass is 10.1. The third-order valence-corrected chi connectivity index (χ3v) is 4.11. The van der Waals surface area contributed by atoms with E-state index < -0.39 is 0 Å². The number of carbonyl (C=O) groups excluding carboxylic acids is 2. The Morgan fingerprint density at radius 1 is 0.875 bits per heavy atom. The molecule has 0 unspecified atom stereocenters. The molecule has 0 aromatic heterocycles. The smallest absolute Gasteiger partial charge is 0.197 e. The number of Topliss-reactive ketones (excluding diaryl/α,β-unsaturated/α-hetero) is 2. The van der Waals surface area contributed by atoms with Gasteiger partial charge in [0.15, 0.2) is 11.6 Å². The summed E-state index contributed by atoms with van der Waals surface area (Å²) in [7, 11) is 0. The molecule has 1 aliphatic carbocycles. The topological polar surface area (TPSA) is 43.4 Å². The van der Waals surface area contributed by atoms with Crippen LogP contribution < -0.4 is 4.74 Å². The Kier molecular flexibility index (Phi) is 4.90. The largest absolute Gasteiger partial charge is 0.494 e. The summed E-state index contributed by atoms with van der Waals surface area (Å²) in [6.45, 7) is 2.87. The highest BCUT2D eigenvalue weighted by atomic mass is 16.5. The molecule has 3 rings (SSSR count). The molecule has 0 saturated heterocycles. The van der Waals surface area contributed by atoms with Gasteiger partial charge in [0.2, 0.25) is 0 Å². The molecule has 3 heteroatoms. The molecule has 0 amide bonds. The predicted octanol–water partition coefficient (Wildman–Crippen LogP) is 4.72. The maximum absolute atomic E-state index is 12.4. The number of benzene rings is 2. The van der Waals surface area contributed by atoms with Crippen LogP contribution in [0.5, 0.6) is 5.75 Å². The first-order valence-electron chi connectivity index (χ1n) is 8.33. The number of ketones is 2. The first-order chi connectivity index (χ1) is 11.7. The molecule has 0 aliphatic heterocycles. The Balaban J connectivity index is 1.73. The van der Waals surface area contributed by atoms with Gasteiger partial charge in [0.1, 0.15) is 5.75 Å². The van der Waals surface area contributed by atoms with Crippen molar-refractivity contribution in [3.05, 3.63) is 70.8 Å². The van der Waals surface area contributed by atoms with Crippen LogP contribution in [-0.2, 0) is 0 Å². The summed E-state index contributed by atoms with van der Waals surface area (Å²) in [4.78, 5) is 24.7. The van der Waals surface area contributed by atoms with Crippen LogP contribution in [0.3, 0.4) is 0 Å². The third-order valence-electron chi connectivity index (χ3n) is 4.11. The molecule has 0 fully saturated rings. The van der Waals surface area contributed by atoms with Crippen LogP contribution in [0.15, 0.2) is 54.1 Å². The van der Waals surface area contributed by atoms with E-state index in [1.807, 2.05) is 24.3 Å². The van der Waals surface area contributed by atoms with Crippen LogP contribution in [-0.4, -0.2) is 18.2 Å². The van der Waals surface area contributed by atoms with Crippen LogP contribution in [0.2, 0.25) is 0 Å². The molecule has 1 aliphatic rings. The first kappa shape index (κ1) is 16.2. The lowest BCUT2D eigenvalue weighted by Gasteiger charge is -2.05. The number of hydrogen-bond acceptors (Lipinski definition) is 3. The van der Waals surface area contributed by atoms with E-state index in [2.05, 4.69) is 6.92 Å². The summed E-state index contributed by atoms with van der Waals surface area (Å²) >= 11 is 0. The zero-order valence-corrected chi connectivity index (χ0v) is 13.7. The molecule has 0 radical (unpaired) electrons. The van der Waals surface area contributed by atoms with E-state index in [4.69, 9.17) is 4.74 Å². The van der Waals surface area contributed by atoms with Gasteiger partial charge in [-0.25, -0.2) is 0 Å². The van der Waals surface area contributed by atoms with Crippen LogP contribution in [0.1, 0.15) is 52.5 Å².